The van der Waals surface area contributed by atoms with E-state index in [9.17, 15) is 9.59 Å². The molecular weight excluding hydrogens is 286 g/mol. The molecule has 0 unspecified atom stereocenters. The predicted molar refractivity (Wildman–Crippen MR) is 78.6 cm³/mol. The molecule has 0 fully saturated rings. The summed E-state index contributed by atoms with van der Waals surface area (Å²) in [5.74, 6) is 1.04. The van der Waals surface area contributed by atoms with Gasteiger partial charge in [0.15, 0.2) is 11.5 Å². The normalized spacial score (nSPS) is 16.4. The Balaban J connectivity index is 1.79. The monoisotopic (exact) mass is 301 g/mol. The molecule has 0 aliphatic carbocycles. The Labute approximate surface area is 127 Å². The second-order valence-corrected chi connectivity index (χ2v) is 4.81. The number of hydrogen-bond acceptors (Lipinski definition) is 5. The van der Waals surface area contributed by atoms with Crippen molar-refractivity contribution in [2.75, 3.05) is 20.4 Å². The number of amides is 2. The molecule has 1 aromatic rings. The fraction of sp³-hybridized carbons (Fsp3) is 0.250. The van der Waals surface area contributed by atoms with Crippen molar-refractivity contribution in [3.05, 3.63) is 35.9 Å². The molecule has 0 aromatic heterocycles. The highest BCUT2D eigenvalue weighted by molar-refractivity contribution is 6.06. The Morgan fingerprint density at radius 1 is 1.36 bits per heavy atom. The molecule has 3 rings (SSSR count). The highest BCUT2D eigenvalue weighted by Crippen LogP contribution is 2.42. The SMILES string of the molecule is COc1cc(/C=C\C(=O)N2CCC=CC2=O)cc2c1OCO2. The van der Waals surface area contributed by atoms with Crippen molar-refractivity contribution in [3.8, 4) is 17.2 Å². The summed E-state index contributed by atoms with van der Waals surface area (Å²) in [6, 6.07) is 3.50. The fourth-order valence-corrected chi connectivity index (χ4v) is 2.31. The number of ether oxygens (including phenoxy) is 3. The van der Waals surface area contributed by atoms with Crippen LogP contribution in [0.4, 0.5) is 0 Å². The van der Waals surface area contributed by atoms with Crippen molar-refractivity contribution in [2.45, 2.75) is 6.42 Å². The Morgan fingerprint density at radius 2 is 2.23 bits per heavy atom. The third-order valence-corrected chi connectivity index (χ3v) is 3.41. The summed E-state index contributed by atoms with van der Waals surface area (Å²) in [5.41, 5.74) is 0.731. The number of fused-ring (bicyclic) bond motifs is 1. The third-order valence-electron chi connectivity index (χ3n) is 3.41. The van der Waals surface area contributed by atoms with Crippen LogP contribution < -0.4 is 14.2 Å². The van der Waals surface area contributed by atoms with Gasteiger partial charge in [0.05, 0.1) is 7.11 Å². The van der Waals surface area contributed by atoms with E-state index >= 15 is 0 Å². The van der Waals surface area contributed by atoms with Crippen LogP contribution in [-0.4, -0.2) is 37.2 Å². The molecule has 0 spiro atoms. The minimum atomic E-state index is -0.342. The zero-order chi connectivity index (χ0) is 15.5. The van der Waals surface area contributed by atoms with Crippen LogP contribution in [0, 0.1) is 0 Å². The standard InChI is InChI=1S/C16H15NO5/c1-20-12-8-11(9-13-16(12)22-10-21-13)5-6-15(19)17-7-3-2-4-14(17)18/h2,4-6,8-9H,3,7,10H2,1H3/b6-5-. The van der Waals surface area contributed by atoms with Gasteiger partial charge in [-0.1, -0.05) is 6.08 Å². The molecule has 2 heterocycles. The molecule has 0 atom stereocenters. The Bertz CT molecular complexity index is 677. The van der Waals surface area contributed by atoms with E-state index in [1.807, 2.05) is 0 Å². The minimum absolute atomic E-state index is 0.145. The summed E-state index contributed by atoms with van der Waals surface area (Å²) in [7, 11) is 1.54. The number of imide groups is 1. The zero-order valence-electron chi connectivity index (χ0n) is 12.1. The lowest BCUT2D eigenvalue weighted by molar-refractivity contribution is -0.139. The third kappa shape index (κ3) is 2.67. The van der Waals surface area contributed by atoms with E-state index in [4.69, 9.17) is 14.2 Å². The Morgan fingerprint density at radius 3 is 3.00 bits per heavy atom. The number of benzene rings is 1. The zero-order valence-corrected chi connectivity index (χ0v) is 12.1. The summed E-state index contributed by atoms with van der Waals surface area (Å²) >= 11 is 0. The van der Waals surface area contributed by atoms with Gasteiger partial charge in [-0.3, -0.25) is 14.5 Å². The van der Waals surface area contributed by atoms with Gasteiger partial charge in [-0.05, 0) is 36.3 Å². The van der Waals surface area contributed by atoms with E-state index in [0.717, 1.165) is 5.56 Å². The van der Waals surface area contributed by atoms with Crippen molar-refractivity contribution < 1.29 is 23.8 Å². The van der Waals surface area contributed by atoms with Gasteiger partial charge in [0.1, 0.15) is 0 Å². The van der Waals surface area contributed by atoms with Gasteiger partial charge in [0.2, 0.25) is 12.5 Å². The van der Waals surface area contributed by atoms with Crippen LogP contribution in [-0.2, 0) is 9.59 Å². The fourth-order valence-electron chi connectivity index (χ4n) is 2.31. The van der Waals surface area contributed by atoms with Gasteiger partial charge in [0, 0.05) is 12.6 Å². The first-order valence-electron chi connectivity index (χ1n) is 6.87. The van der Waals surface area contributed by atoms with E-state index in [1.165, 1.54) is 24.2 Å². The van der Waals surface area contributed by atoms with Crippen molar-refractivity contribution >= 4 is 17.9 Å². The molecule has 0 N–H and O–H groups in total. The van der Waals surface area contributed by atoms with Crippen LogP contribution in [0.2, 0.25) is 0 Å². The van der Waals surface area contributed by atoms with E-state index in [1.54, 1.807) is 24.3 Å². The molecule has 6 heteroatoms. The van der Waals surface area contributed by atoms with Crippen molar-refractivity contribution in [1.82, 2.24) is 4.90 Å². The van der Waals surface area contributed by atoms with Crippen LogP contribution in [0.25, 0.3) is 6.08 Å². The molecular formula is C16H15NO5. The lowest BCUT2D eigenvalue weighted by atomic mass is 10.1. The highest BCUT2D eigenvalue weighted by atomic mass is 16.7. The lowest BCUT2D eigenvalue weighted by Crippen LogP contribution is -2.37. The van der Waals surface area contributed by atoms with Gasteiger partial charge >= 0.3 is 0 Å². The van der Waals surface area contributed by atoms with Crippen LogP contribution in [0.15, 0.2) is 30.4 Å². The summed E-state index contributed by atoms with van der Waals surface area (Å²) in [4.78, 5) is 24.9. The van der Waals surface area contributed by atoms with Crippen molar-refractivity contribution in [2.24, 2.45) is 0 Å². The first kappa shape index (κ1) is 14.2. The van der Waals surface area contributed by atoms with E-state index in [0.29, 0.717) is 30.2 Å². The first-order valence-corrected chi connectivity index (χ1v) is 6.87. The molecule has 114 valence electrons. The van der Waals surface area contributed by atoms with Crippen LogP contribution in [0.3, 0.4) is 0 Å². The smallest absolute Gasteiger partial charge is 0.253 e. The number of carbonyl (C=O) groups is 2. The van der Waals surface area contributed by atoms with Gasteiger partial charge in [-0.15, -0.1) is 0 Å². The quantitative estimate of drug-likeness (QED) is 0.796. The number of methoxy groups -OCH3 is 1. The maximum atomic E-state index is 12.1. The van der Waals surface area contributed by atoms with Gasteiger partial charge < -0.3 is 14.2 Å². The van der Waals surface area contributed by atoms with Crippen molar-refractivity contribution in [1.29, 1.82) is 0 Å². The molecule has 2 amide bonds. The van der Waals surface area contributed by atoms with E-state index < -0.39 is 0 Å². The van der Waals surface area contributed by atoms with Gasteiger partial charge in [-0.2, -0.15) is 0 Å². The topological polar surface area (TPSA) is 65.1 Å². The largest absolute Gasteiger partial charge is 0.493 e. The average Bonchev–Trinajstić information content (AvgIpc) is 3.00. The van der Waals surface area contributed by atoms with E-state index in [-0.39, 0.29) is 18.6 Å². The predicted octanol–water partition coefficient (Wildman–Crippen LogP) is 1.75. The molecule has 0 saturated heterocycles. The molecule has 0 saturated carbocycles. The number of hydrogen-bond donors (Lipinski definition) is 0. The maximum absolute atomic E-state index is 12.1. The van der Waals surface area contributed by atoms with Crippen LogP contribution in [0.5, 0.6) is 17.2 Å². The molecule has 22 heavy (non-hydrogen) atoms. The summed E-state index contributed by atoms with van der Waals surface area (Å²) in [6.07, 6.45) is 6.85. The van der Waals surface area contributed by atoms with Gasteiger partial charge in [0.25, 0.3) is 11.8 Å². The molecule has 0 bridgehead atoms. The first-order chi connectivity index (χ1) is 10.7. The second kappa shape index (κ2) is 5.93. The summed E-state index contributed by atoms with van der Waals surface area (Å²) in [6.45, 7) is 0.551. The van der Waals surface area contributed by atoms with Gasteiger partial charge in [-0.25, -0.2) is 0 Å². The summed E-state index contributed by atoms with van der Waals surface area (Å²) in [5, 5.41) is 0. The lowest BCUT2D eigenvalue weighted by Gasteiger charge is -2.19. The average molecular weight is 301 g/mol. The summed E-state index contributed by atoms with van der Waals surface area (Å²) < 4.78 is 15.9. The Kier molecular flexibility index (Phi) is 3.82. The molecule has 6 nitrogen and oxygen atoms in total. The van der Waals surface area contributed by atoms with Crippen LogP contribution >= 0.6 is 0 Å². The molecule has 2 aliphatic rings. The van der Waals surface area contributed by atoms with E-state index in [2.05, 4.69) is 0 Å². The number of nitrogens with zero attached hydrogens (tertiary/aromatic N) is 1. The minimum Gasteiger partial charge on any atom is -0.493 e. The number of carbonyl (C=O) groups excluding carboxylic acids is 2. The van der Waals surface area contributed by atoms with Crippen LogP contribution in [0.1, 0.15) is 12.0 Å². The number of rotatable bonds is 3. The second-order valence-electron chi connectivity index (χ2n) is 4.81. The molecule has 0 radical (unpaired) electrons. The maximum Gasteiger partial charge on any atom is 0.253 e. The molecule has 2 aliphatic heterocycles. The highest BCUT2D eigenvalue weighted by Gasteiger charge is 2.21. The Hall–Kier alpha value is -2.76. The molecule has 1 aromatic carbocycles. The van der Waals surface area contributed by atoms with Crippen molar-refractivity contribution in [3.63, 3.8) is 0 Å².